The molecule has 0 aliphatic carbocycles. The second kappa shape index (κ2) is 4.46. The maximum Gasteiger partial charge on any atom is 0.332 e. The van der Waals surface area contributed by atoms with E-state index < -0.39 is 0 Å². The second-order valence-electron chi connectivity index (χ2n) is 5.12. The van der Waals surface area contributed by atoms with Crippen molar-refractivity contribution in [1.82, 2.24) is 9.13 Å². The molecule has 0 atom stereocenters. The van der Waals surface area contributed by atoms with Gasteiger partial charge in [-0.3, -0.25) is 4.57 Å². The van der Waals surface area contributed by atoms with Crippen molar-refractivity contribution in [1.29, 1.82) is 0 Å². The Hall–Kier alpha value is -1.81. The summed E-state index contributed by atoms with van der Waals surface area (Å²) in [4.78, 5) is 12.0. The highest BCUT2D eigenvalue weighted by Gasteiger charge is 2.23. The Kier molecular flexibility index (Phi) is 3.13. The molecule has 0 saturated carbocycles. The topological polar surface area (TPSA) is 47.2 Å². The quantitative estimate of drug-likeness (QED) is 0.891. The Bertz CT molecular complexity index is 608. The van der Waals surface area contributed by atoms with Gasteiger partial charge in [-0.25, -0.2) is 4.79 Å². The average molecular weight is 246 g/mol. The number of nitrogens with zero attached hydrogens (tertiary/aromatic N) is 2. The van der Waals surface area contributed by atoms with Crippen LogP contribution in [-0.4, -0.2) is 20.8 Å². The minimum Gasteiger partial charge on any atom is -0.395 e. The monoisotopic (exact) mass is 246 g/mol. The highest BCUT2D eigenvalue weighted by molar-refractivity contribution is 5.45. The van der Waals surface area contributed by atoms with Crippen LogP contribution >= 0.6 is 0 Å². The molecule has 96 valence electrons. The summed E-state index contributed by atoms with van der Waals surface area (Å²) >= 11 is 0. The van der Waals surface area contributed by atoms with Gasteiger partial charge in [-0.15, -0.1) is 0 Å². The maximum atomic E-state index is 12.0. The summed E-state index contributed by atoms with van der Waals surface area (Å²) < 4.78 is 3.13. The van der Waals surface area contributed by atoms with Crippen LogP contribution in [0.2, 0.25) is 0 Å². The van der Waals surface area contributed by atoms with Gasteiger partial charge in [0.1, 0.15) is 0 Å². The van der Waals surface area contributed by atoms with Crippen LogP contribution in [-0.2, 0) is 12.5 Å². The number of rotatable bonds is 3. The molecule has 4 heteroatoms. The van der Waals surface area contributed by atoms with Crippen molar-refractivity contribution >= 4 is 0 Å². The third kappa shape index (κ3) is 1.99. The molecule has 0 aliphatic heterocycles. The molecule has 0 saturated heterocycles. The number of para-hydroxylation sites is 1. The first-order valence-electron chi connectivity index (χ1n) is 5.92. The largest absolute Gasteiger partial charge is 0.395 e. The van der Waals surface area contributed by atoms with E-state index in [0.717, 1.165) is 11.3 Å². The number of hydrogen-bond acceptors (Lipinski definition) is 2. The zero-order valence-corrected chi connectivity index (χ0v) is 10.9. The number of aliphatic hydroxyl groups is 1. The standard InChI is InChI=1S/C14H18N2O2/c1-14(2,10-17)11-6-4-5-7-12(11)16-9-8-15(3)13(16)18/h4-9,17H,10H2,1-3H3. The normalized spacial score (nSPS) is 11.8. The Morgan fingerprint density at radius 2 is 1.89 bits per heavy atom. The van der Waals surface area contributed by atoms with Crippen molar-refractivity contribution < 1.29 is 5.11 Å². The molecule has 0 unspecified atom stereocenters. The Labute approximate surface area is 106 Å². The van der Waals surface area contributed by atoms with E-state index in [1.54, 1.807) is 24.0 Å². The number of hydrogen-bond donors (Lipinski definition) is 1. The minimum absolute atomic E-state index is 0.0333. The van der Waals surface area contributed by atoms with Gasteiger partial charge in [0, 0.05) is 24.9 Å². The minimum atomic E-state index is -0.383. The van der Waals surface area contributed by atoms with Crippen LogP contribution in [0, 0.1) is 0 Å². The zero-order chi connectivity index (χ0) is 13.3. The molecular weight excluding hydrogens is 228 g/mol. The van der Waals surface area contributed by atoms with E-state index in [9.17, 15) is 9.90 Å². The number of aromatic nitrogens is 2. The first-order chi connectivity index (χ1) is 8.47. The fourth-order valence-corrected chi connectivity index (χ4v) is 1.99. The van der Waals surface area contributed by atoms with Gasteiger partial charge in [-0.05, 0) is 11.6 Å². The molecule has 0 radical (unpaired) electrons. The van der Waals surface area contributed by atoms with Crippen LogP contribution in [0.25, 0.3) is 5.69 Å². The second-order valence-corrected chi connectivity index (χ2v) is 5.12. The molecule has 2 rings (SSSR count). The molecular formula is C14H18N2O2. The molecule has 0 amide bonds. The fraction of sp³-hybridized carbons (Fsp3) is 0.357. The van der Waals surface area contributed by atoms with Crippen LogP contribution in [0.3, 0.4) is 0 Å². The SMILES string of the molecule is Cn1ccn(-c2ccccc2C(C)(C)CO)c1=O. The number of imidazole rings is 1. The Morgan fingerprint density at radius 3 is 2.44 bits per heavy atom. The van der Waals surface area contributed by atoms with Gasteiger partial charge >= 0.3 is 5.69 Å². The van der Waals surface area contributed by atoms with Crippen molar-refractivity contribution in [3.8, 4) is 5.69 Å². The molecule has 0 bridgehead atoms. The van der Waals surface area contributed by atoms with Gasteiger partial charge in [0.15, 0.2) is 0 Å². The lowest BCUT2D eigenvalue weighted by molar-refractivity contribution is 0.218. The van der Waals surface area contributed by atoms with Crippen molar-refractivity contribution in [2.75, 3.05) is 6.61 Å². The smallest absolute Gasteiger partial charge is 0.332 e. The lowest BCUT2D eigenvalue weighted by atomic mass is 9.84. The van der Waals surface area contributed by atoms with Crippen molar-refractivity contribution in [3.05, 3.63) is 52.7 Å². The maximum absolute atomic E-state index is 12.0. The molecule has 1 N–H and O–H groups in total. The van der Waals surface area contributed by atoms with Gasteiger partial charge < -0.3 is 9.67 Å². The highest BCUT2D eigenvalue weighted by Crippen LogP contribution is 2.27. The molecule has 0 spiro atoms. The molecule has 0 fully saturated rings. The fourth-order valence-electron chi connectivity index (χ4n) is 1.99. The summed E-state index contributed by atoms with van der Waals surface area (Å²) in [6.45, 7) is 3.95. The molecule has 1 aromatic carbocycles. The van der Waals surface area contributed by atoms with Gasteiger partial charge in [0.2, 0.25) is 0 Å². The molecule has 1 heterocycles. The lowest BCUT2D eigenvalue weighted by Gasteiger charge is -2.25. The van der Waals surface area contributed by atoms with Gasteiger partial charge in [-0.1, -0.05) is 32.0 Å². The summed E-state index contributed by atoms with van der Waals surface area (Å²) in [7, 11) is 1.72. The molecule has 1 aromatic heterocycles. The van der Waals surface area contributed by atoms with Crippen LogP contribution in [0.1, 0.15) is 19.4 Å². The van der Waals surface area contributed by atoms with Crippen molar-refractivity contribution in [3.63, 3.8) is 0 Å². The summed E-state index contributed by atoms with van der Waals surface area (Å²) in [6, 6.07) is 7.66. The van der Waals surface area contributed by atoms with Crippen molar-refractivity contribution in [2.45, 2.75) is 19.3 Å². The van der Waals surface area contributed by atoms with Crippen LogP contribution in [0.4, 0.5) is 0 Å². The number of aliphatic hydroxyl groups excluding tert-OH is 1. The predicted octanol–water partition coefficient (Wildman–Crippen LogP) is 1.45. The summed E-state index contributed by atoms with van der Waals surface area (Å²) in [6.07, 6.45) is 3.47. The lowest BCUT2D eigenvalue weighted by Crippen LogP contribution is -2.27. The van der Waals surface area contributed by atoms with E-state index >= 15 is 0 Å². The van der Waals surface area contributed by atoms with Gasteiger partial charge in [-0.2, -0.15) is 0 Å². The van der Waals surface area contributed by atoms with E-state index in [-0.39, 0.29) is 17.7 Å². The molecule has 18 heavy (non-hydrogen) atoms. The molecule has 0 aliphatic rings. The third-order valence-electron chi connectivity index (χ3n) is 3.24. The van der Waals surface area contributed by atoms with Gasteiger partial charge in [0.05, 0.1) is 12.3 Å². The summed E-state index contributed by atoms with van der Waals surface area (Å²) in [5, 5.41) is 9.50. The van der Waals surface area contributed by atoms with E-state index in [4.69, 9.17) is 0 Å². The van der Waals surface area contributed by atoms with Crippen LogP contribution < -0.4 is 5.69 Å². The predicted molar refractivity (Wildman–Crippen MR) is 71.1 cm³/mol. The van der Waals surface area contributed by atoms with Crippen molar-refractivity contribution in [2.24, 2.45) is 7.05 Å². The summed E-state index contributed by atoms with van der Waals surface area (Å²) in [5.74, 6) is 0. The van der Waals surface area contributed by atoms with E-state index in [0.29, 0.717) is 0 Å². The van der Waals surface area contributed by atoms with E-state index in [2.05, 4.69) is 0 Å². The highest BCUT2D eigenvalue weighted by atomic mass is 16.3. The molecule has 2 aromatic rings. The van der Waals surface area contributed by atoms with Gasteiger partial charge in [0.25, 0.3) is 0 Å². The van der Waals surface area contributed by atoms with E-state index in [1.807, 2.05) is 38.1 Å². The average Bonchev–Trinajstić information content (AvgIpc) is 2.70. The van der Waals surface area contributed by atoms with E-state index in [1.165, 1.54) is 4.57 Å². The first-order valence-corrected chi connectivity index (χ1v) is 5.92. The number of aryl methyl sites for hydroxylation is 1. The zero-order valence-electron chi connectivity index (χ0n) is 10.9. The summed E-state index contributed by atoms with van der Waals surface area (Å²) in [5.41, 5.74) is 1.31. The van der Waals surface area contributed by atoms with Crippen LogP contribution in [0.15, 0.2) is 41.5 Å². The third-order valence-corrected chi connectivity index (χ3v) is 3.24. The Morgan fingerprint density at radius 1 is 1.22 bits per heavy atom. The number of benzene rings is 1. The Balaban J connectivity index is 2.66. The van der Waals surface area contributed by atoms with Crippen LogP contribution in [0.5, 0.6) is 0 Å². The first kappa shape index (κ1) is 12.6. The molecule has 4 nitrogen and oxygen atoms in total.